The minimum atomic E-state index is 0.592. The molecule has 2 aromatic rings. The monoisotopic (exact) mass is 215 g/mol. The van der Waals surface area contributed by atoms with Crippen LogP contribution in [0, 0.1) is 17.2 Å². The van der Waals surface area contributed by atoms with E-state index in [1.54, 1.807) is 11.3 Å². The average molecular weight is 215 g/mol. The topological polar surface area (TPSA) is 23.8 Å². The molecule has 0 fully saturated rings. The van der Waals surface area contributed by atoms with Crippen LogP contribution in [-0.2, 0) is 6.42 Å². The highest BCUT2D eigenvalue weighted by molar-refractivity contribution is 7.17. The summed E-state index contributed by atoms with van der Waals surface area (Å²) in [7, 11) is 0. The molecule has 0 spiro atoms. The summed E-state index contributed by atoms with van der Waals surface area (Å²) in [5.74, 6) is 0.592. The molecule has 0 radical (unpaired) electrons. The van der Waals surface area contributed by atoms with Gasteiger partial charge in [-0.1, -0.05) is 26.0 Å². The number of benzene rings is 1. The number of hydrogen-bond donors (Lipinski definition) is 0. The lowest BCUT2D eigenvalue weighted by atomic mass is 9.97. The van der Waals surface area contributed by atoms with Gasteiger partial charge in [-0.2, -0.15) is 5.26 Å². The van der Waals surface area contributed by atoms with E-state index in [1.165, 1.54) is 10.9 Å². The summed E-state index contributed by atoms with van der Waals surface area (Å²) in [6, 6.07) is 8.62. The number of thiophene rings is 1. The molecule has 0 amide bonds. The molecule has 15 heavy (non-hydrogen) atoms. The van der Waals surface area contributed by atoms with Gasteiger partial charge in [-0.25, -0.2) is 0 Å². The van der Waals surface area contributed by atoms with Crippen LogP contribution < -0.4 is 0 Å². The van der Waals surface area contributed by atoms with Crippen molar-refractivity contribution >= 4 is 21.4 Å². The van der Waals surface area contributed by atoms with Gasteiger partial charge in [0.1, 0.15) is 6.07 Å². The van der Waals surface area contributed by atoms with Crippen LogP contribution in [0.2, 0.25) is 0 Å². The summed E-state index contributed by atoms with van der Waals surface area (Å²) < 4.78 is 1.13. The molecule has 0 saturated heterocycles. The van der Waals surface area contributed by atoms with Gasteiger partial charge in [-0.05, 0) is 34.7 Å². The van der Waals surface area contributed by atoms with Crippen LogP contribution in [0.5, 0.6) is 0 Å². The third kappa shape index (κ3) is 1.88. The third-order valence-corrected chi connectivity index (χ3v) is 3.40. The van der Waals surface area contributed by atoms with Gasteiger partial charge in [-0.15, -0.1) is 11.3 Å². The third-order valence-electron chi connectivity index (χ3n) is 2.45. The standard InChI is InChI=1S/C13H13NS/c1-9(2)7-11-4-3-10-5-6-15-13(10)12(11)8-14/h3-6,9H,7H2,1-2H3. The predicted molar refractivity (Wildman–Crippen MR) is 65.1 cm³/mol. The summed E-state index contributed by atoms with van der Waals surface area (Å²) in [6.07, 6.45) is 0.983. The number of fused-ring (bicyclic) bond motifs is 1. The van der Waals surface area contributed by atoms with E-state index in [4.69, 9.17) is 0 Å². The van der Waals surface area contributed by atoms with E-state index < -0.39 is 0 Å². The molecular weight excluding hydrogens is 202 g/mol. The molecule has 76 valence electrons. The van der Waals surface area contributed by atoms with Crippen LogP contribution in [-0.4, -0.2) is 0 Å². The Labute approximate surface area is 94.0 Å². The largest absolute Gasteiger partial charge is 0.192 e. The highest BCUT2D eigenvalue weighted by atomic mass is 32.1. The molecule has 1 aromatic carbocycles. The summed E-state index contributed by atoms with van der Waals surface area (Å²) in [4.78, 5) is 0. The van der Waals surface area contributed by atoms with E-state index in [0.717, 1.165) is 16.7 Å². The molecule has 0 bridgehead atoms. The molecule has 0 saturated carbocycles. The molecular formula is C13H13NS. The number of nitriles is 1. The first-order valence-electron chi connectivity index (χ1n) is 5.11. The molecule has 1 heterocycles. The summed E-state index contributed by atoms with van der Waals surface area (Å²) in [5, 5.41) is 12.4. The van der Waals surface area contributed by atoms with E-state index in [2.05, 4.69) is 38.1 Å². The molecule has 2 rings (SSSR count). The fourth-order valence-corrected chi connectivity index (χ4v) is 2.72. The molecule has 0 N–H and O–H groups in total. The Balaban J connectivity index is 2.60. The van der Waals surface area contributed by atoms with E-state index in [0.29, 0.717) is 5.92 Å². The van der Waals surface area contributed by atoms with Crippen LogP contribution in [0.3, 0.4) is 0 Å². The molecule has 0 atom stereocenters. The van der Waals surface area contributed by atoms with Crippen molar-refractivity contribution in [2.75, 3.05) is 0 Å². The average Bonchev–Trinajstić information content (AvgIpc) is 2.64. The summed E-state index contributed by atoms with van der Waals surface area (Å²) in [5.41, 5.74) is 2.05. The minimum absolute atomic E-state index is 0.592. The van der Waals surface area contributed by atoms with Gasteiger partial charge in [0.25, 0.3) is 0 Å². The normalized spacial score (nSPS) is 10.8. The van der Waals surface area contributed by atoms with Gasteiger partial charge >= 0.3 is 0 Å². The van der Waals surface area contributed by atoms with Gasteiger partial charge in [0.2, 0.25) is 0 Å². The summed E-state index contributed by atoms with van der Waals surface area (Å²) >= 11 is 1.66. The first-order chi connectivity index (χ1) is 7.22. The zero-order valence-electron chi connectivity index (χ0n) is 8.95. The van der Waals surface area contributed by atoms with Crippen LogP contribution in [0.1, 0.15) is 25.0 Å². The van der Waals surface area contributed by atoms with Crippen LogP contribution in [0.25, 0.3) is 10.1 Å². The van der Waals surface area contributed by atoms with Crippen molar-refractivity contribution in [3.63, 3.8) is 0 Å². The Morgan fingerprint density at radius 2 is 2.13 bits per heavy atom. The molecule has 1 nitrogen and oxygen atoms in total. The fourth-order valence-electron chi connectivity index (χ4n) is 1.81. The molecule has 0 aliphatic heterocycles. The molecule has 0 aliphatic carbocycles. The molecule has 1 aromatic heterocycles. The van der Waals surface area contributed by atoms with Crippen molar-refractivity contribution in [1.82, 2.24) is 0 Å². The highest BCUT2D eigenvalue weighted by Gasteiger charge is 2.09. The maximum absolute atomic E-state index is 9.20. The number of rotatable bonds is 2. The zero-order chi connectivity index (χ0) is 10.8. The van der Waals surface area contributed by atoms with E-state index in [-0.39, 0.29) is 0 Å². The Kier molecular flexibility index (Phi) is 2.75. The number of hydrogen-bond acceptors (Lipinski definition) is 2. The Bertz CT molecular complexity index is 517. The predicted octanol–water partition coefficient (Wildman–Crippen LogP) is 3.97. The van der Waals surface area contributed by atoms with Crippen molar-refractivity contribution in [3.05, 3.63) is 34.7 Å². The Hall–Kier alpha value is -1.33. The van der Waals surface area contributed by atoms with Gasteiger partial charge in [0.05, 0.1) is 10.3 Å². The summed E-state index contributed by atoms with van der Waals surface area (Å²) in [6.45, 7) is 4.36. The maximum atomic E-state index is 9.20. The first-order valence-corrected chi connectivity index (χ1v) is 5.99. The Morgan fingerprint density at radius 3 is 2.80 bits per heavy atom. The first kappa shape index (κ1) is 10.2. The maximum Gasteiger partial charge on any atom is 0.101 e. The lowest BCUT2D eigenvalue weighted by Gasteiger charge is -2.07. The van der Waals surface area contributed by atoms with Crippen molar-refractivity contribution in [2.24, 2.45) is 5.92 Å². The van der Waals surface area contributed by atoms with Gasteiger partial charge in [-0.3, -0.25) is 0 Å². The quantitative estimate of drug-likeness (QED) is 0.743. The second-order valence-corrected chi connectivity index (χ2v) is 5.06. The van der Waals surface area contributed by atoms with Crippen molar-refractivity contribution < 1.29 is 0 Å². The van der Waals surface area contributed by atoms with E-state index in [1.807, 2.05) is 5.38 Å². The zero-order valence-corrected chi connectivity index (χ0v) is 9.77. The second kappa shape index (κ2) is 4.04. The lowest BCUT2D eigenvalue weighted by molar-refractivity contribution is 0.647. The molecule has 2 heteroatoms. The SMILES string of the molecule is CC(C)Cc1ccc2ccsc2c1C#N. The van der Waals surface area contributed by atoms with E-state index in [9.17, 15) is 5.26 Å². The second-order valence-electron chi connectivity index (χ2n) is 4.15. The molecule has 0 unspecified atom stereocenters. The van der Waals surface area contributed by atoms with Gasteiger partial charge in [0, 0.05) is 0 Å². The van der Waals surface area contributed by atoms with Crippen molar-refractivity contribution in [1.29, 1.82) is 5.26 Å². The van der Waals surface area contributed by atoms with Crippen LogP contribution in [0.15, 0.2) is 23.6 Å². The highest BCUT2D eigenvalue weighted by Crippen LogP contribution is 2.28. The van der Waals surface area contributed by atoms with Crippen molar-refractivity contribution in [3.8, 4) is 6.07 Å². The van der Waals surface area contributed by atoms with Gasteiger partial charge in [0.15, 0.2) is 0 Å². The molecule has 0 aliphatic rings. The lowest BCUT2D eigenvalue weighted by Crippen LogP contribution is -1.97. The van der Waals surface area contributed by atoms with Crippen molar-refractivity contribution in [2.45, 2.75) is 20.3 Å². The van der Waals surface area contributed by atoms with E-state index >= 15 is 0 Å². The Morgan fingerprint density at radius 1 is 1.33 bits per heavy atom. The minimum Gasteiger partial charge on any atom is -0.192 e. The van der Waals surface area contributed by atoms with Gasteiger partial charge < -0.3 is 0 Å². The van der Waals surface area contributed by atoms with Crippen LogP contribution in [0.4, 0.5) is 0 Å². The smallest absolute Gasteiger partial charge is 0.101 e. The van der Waals surface area contributed by atoms with Crippen LogP contribution >= 0.6 is 11.3 Å². The number of nitrogens with zero attached hydrogens (tertiary/aromatic N) is 1. The fraction of sp³-hybridized carbons (Fsp3) is 0.308.